The average molecular weight is 348 g/mol. The van der Waals surface area contributed by atoms with Gasteiger partial charge in [0, 0.05) is 17.3 Å². The summed E-state index contributed by atoms with van der Waals surface area (Å²) in [6.45, 7) is 6.12. The highest BCUT2D eigenvalue weighted by Gasteiger charge is 2.14. The average Bonchev–Trinajstić information content (AvgIpc) is 2.61. The van der Waals surface area contributed by atoms with Gasteiger partial charge in [-0.1, -0.05) is 0 Å². The van der Waals surface area contributed by atoms with Crippen molar-refractivity contribution in [2.24, 2.45) is 0 Å². The number of rotatable bonds is 4. The lowest BCUT2D eigenvalue weighted by Gasteiger charge is -2.24. The van der Waals surface area contributed by atoms with Gasteiger partial charge in [0.05, 0.1) is 0 Å². The fourth-order valence-corrected chi connectivity index (χ4v) is 3.40. The second-order valence-corrected chi connectivity index (χ2v) is 6.94. The molecule has 1 aliphatic rings. The van der Waals surface area contributed by atoms with Crippen LogP contribution in [0.2, 0.25) is 0 Å². The Bertz CT molecular complexity index is 899. The summed E-state index contributed by atoms with van der Waals surface area (Å²) in [7, 11) is 0. The molecule has 0 aliphatic carbocycles. The Kier molecular flexibility index (Phi) is 4.71. The number of aryl methyl sites for hydroxylation is 2. The first-order valence-electron chi connectivity index (χ1n) is 9.15. The van der Waals surface area contributed by atoms with E-state index in [2.05, 4.69) is 45.7 Å². The number of aromatic nitrogens is 2. The molecule has 0 bridgehead atoms. The van der Waals surface area contributed by atoms with Crippen LogP contribution in [0.1, 0.15) is 24.1 Å². The van der Waals surface area contributed by atoms with Crippen molar-refractivity contribution in [3.8, 4) is 5.75 Å². The topological polar surface area (TPSA) is 59.1 Å². The van der Waals surface area contributed by atoms with E-state index >= 15 is 0 Å². The van der Waals surface area contributed by atoms with Crippen molar-refractivity contribution in [2.75, 3.05) is 18.4 Å². The first-order valence-corrected chi connectivity index (χ1v) is 9.15. The molecule has 5 heteroatoms. The molecule has 2 aromatic heterocycles. The maximum absolute atomic E-state index is 6.16. The summed E-state index contributed by atoms with van der Waals surface area (Å²) in [5.41, 5.74) is 2.17. The van der Waals surface area contributed by atoms with Crippen LogP contribution in [0.25, 0.3) is 10.8 Å². The van der Waals surface area contributed by atoms with Crippen LogP contribution in [-0.4, -0.2) is 29.2 Å². The predicted octanol–water partition coefficient (Wildman–Crippen LogP) is 4.12. The number of nitrogens with one attached hydrogen (secondary N) is 2. The summed E-state index contributed by atoms with van der Waals surface area (Å²) in [4.78, 5) is 9.03. The Hall–Kier alpha value is -2.66. The molecule has 0 spiro atoms. The third-order valence-corrected chi connectivity index (χ3v) is 4.64. The van der Waals surface area contributed by atoms with Gasteiger partial charge in [-0.15, -0.1) is 0 Å². The van der Waals surface area contributed by atoms with Gasteiger partial charge in [-0.2, -0.15) is 0 Å². The van der Waals surface area contributed by atoms with Crippen LogP contribution in [0, 0.1) is 13.8 Å². The van der Waals surface area contributed by atoms with Gasteiger partial charge in [-0.3, -0.25) is 0 Å². The van der Waals surface area contributed by atoms with Crippen LogP contribution in [0.3, 0.4) is 0 Å². The molecule has 0 amide bonds. The van der Waals surface area contributed by atoms with Crippen LogP contribution >= 0.6 is 0 Å². The molecular weight excluding hydrogens is 324 g/mol. The summed E-state index contributed by atoms with van der Waals surface area (Å²) in [6.07, 6.45) is 4.29. The Labute approximate surface area is 153 Å². The summed E-state index contributed by atoms with van der Waals surface area (Å²) in [5, 5.41) is 8.88. The number of nitrogens with zero attached hydrogens (tertiary/aromatic N) is 2. The maximum atomic E-state index is 6.16. The van der Waals surface area contributed by atoms with E-state index in [1.807, 2.05) is 31.3 Å². The highest BCUT2D eigenvalue weighted by atomic mass is 16.5. The number of anilines is 2. The molecule has 0 radical (unpaired) electrons. The molecular formula is C21H24N4O. The van der Waals surface area contributed by atoms with Gasteiger partial charge in [0.1, 0.15) is 23.5 Å². The smallest absolute Gasteiger partial charge is 0.132 e. The Morgan fingerprint density at radius 3 is 2.65 bits per heavy atom. The van der Waals surface area contributed by atoms with Crippen molar-refractivity contribution >= 4 is 22.4 Å². The molecule has 1 fully saturated rings. The van der Waals surface area contributed by atoms with E-state index in [0.717, 1.165) is 59.8 Å². The van der Waals surface area contributed by atoms with E-state index in [0.29, 0.717) is 6.10 Å². The lowest BCUT2D eigenvalue weighted by atomic mass is 10.1. The van der Waals surface area contributed by atoms with Crippen molar-refractivity contribution in [3.05, 3.63) is 53.9 Å². The van der Waals surface area contributed by atoms with Crippen LogP contribution < -0.4 is 15.4 Å². The molecule has 26 heavy (non-hydrogen) atoms. The lowest BCUT2D eigenvalue weighted by molar-refractivity contribution is 0.162. The zero-order chi connectivity index (χ0) is 17.9. The minimum Gasteiger partial charge on any atom is -0.490 e. The van der Waals surface area contributed by atoms with Crippen molar-refractivity contribution in [2.45, 2.75) is 32.8 Å². The van der Waals surface area contributed by atoms with Gasteiger partial charge in [-0.05, 0) is 87.1 Å². The fraction of sp³-hybridized carbons (Fsp3) is 0.333. The Balaban J connectivity index is 1.56. The number of piperidine rings is 1. The lowest BCUT2D eigenvalue weighted by Crippen LogP contribution is -2.34. The van der Waals surface area contributed by atoms with E-state index in [1.54, 1.807) is 0 Å². The largest absolute Gasteiger partial charge is 0.490 e. The third kappa shape index (κ3) is 3.94. The minimum absolute atomic E-state index is 0.299. The fourth-order valence-electron chi connectivity index (χ4n) is 3.40. The van der Waals surface area contributed by atoms with Crippen LogP contribution in [-0.2, 0) is 0 Å². The SMILES string of the molecule is Cc1cc(C)nc(Nc2cc3cc(OC4CCNCC4)ccc3cn2)c1. The number of ether oxygens (including phenoxy) is 1. The zero-order valence-corrected chi connectivity index (χ0v) is 15.2. The monoisotopic (exact) mass is 348 g/mol. The maximum Gasteiger partial charge on any atom is 0.132 e. The molecule has 3 heterocycles. The third-order valence-electron chi connectivity index (χ3n) is 4.64. The zero-order valence-electron chi connectivity index (χ0n) is 15.2. The van der Waals surface area contributed by atoms with Gasteiger partial charge in [0.15, 0.2) is 0 Å². The first kappa shape index (κ1) is 16.8. The van der Waals surface area contributed by atoms with E-state index in [-0.39, 0.29) is 0 Å². The summed E-state index contributed by atoms with van der Waals surface area (Å²) < 4.78 is 6.16. The first-order chi connectivity index (χ1) is 12.7. The predicted molar refractivity (Wildman–Crippen MR) is 105 cm³/mol. The van der Waals surface area contributed by atoms with E-state index in [1.165, 1.54) is 5.56 Å². The molecule has 2 N–H and O–H groups in total. The Morgan fingerprint density at radius 2 is 1.85 bits per heavy atom. The van der Waals surface area contributed by atoms with Crippen molar-refractivity contribution in [1.29, 1.82) is 0 Å². The summed E-state index contributed by atoms with van der Waals surface area (Å²) >= 11 is 0. The molecule has 1 aliphatic heterocycles. The van der Waals surface area contributed by atoms with E-state index in [4.69, 9.17) is 4.74 Å². The molecule has 1 aromatic carbocycles. The second-order valence-electron chi connectivity index (χ2n) is 6.94. The number of benzene rings is 1. The number of hydrogen-bond acceptors (Lipinski definition) is 5. The van der Waals surface area contributed by atoms with Crippen LogP contribution in [0.4, 0.5) is 11.6 Å². The van der Waals surface area contributed by atoms with Crippen LogP contribution in [0.5, 0.6) is 5.75 Å². The number of pyridine rings is 2. The molecule has 0 unspecified atom stereocenters. The molecule has 134 valence electrons. The minimum atomic E-state index is 0.299. The van der Waals surface area contributed by atoms with E-state index < -0.39 is 0 Å². The molecule has 0 atom stereocenters. The molecule has 3 aromatic rings. The number of hydrogen-bond donors (Lipinski definition) is 2. The molecule has 1 saturated heterocycles. The highest BCUT2D eigenvalue weighted by Crippen LogP contribution is 2.25. The Morgan fingerprint density at radius 1 is 1.00 bits per heavy atom. The molecule has 0 saturated carbocycles. The van der Waals surface area contributed by atoms with Gasteiger partial charge < -0.3 is 15.4 Å². The van der Waals surface area contributed by atoms with E-state index in [9.17, 15) is 0 Å². The quantitative estimate of drug-likeness (QED) is 0.743. The van der Waals surface area contributed by atoms with Crippen molar-refractivity contribution < 1.29 is 4.74 Å². The van der Waals surface area contributed by atoms with Crippen molar-refractivity contribution in [1.82, 2.24) is 15.3 Å². The number of fused-ring (bicyclic) bond motifs is 1. The highest BCUT2D eigenvalue weighted by molar-refractivity contribution is 5.85. The van der Waals surface area contributed by atoms with Gasteiger partial charge in [0.2, 0.25) is 0 Å². The summed E-state index contributed by atoms with van der Waals surface area (Å²) in [5.74, 6) is 2.52. The standard InChI is InChI=1S/C21H24N4O/c1-14-9-15(2)24-21(10-14)25-20-12-17-11-19(4-3-16(17)13-23-20)26-18-5-7-22-8-6-18/h3-4,9-13,18,22H,5-8H2,1-2H3,(H,23,24,25). The van der Waals surface area contributed by atoms with Gasteiger partial charge in [0.25, 0.3) is 0 Å². The second kappa shape index (κ2) is 7.30. The summed E-state index contributed by atoms with van der Waals surface area (Å²) in [6, 6.07) is 12.3. The molecule has 5 nitrogen and oxygen atoms in total. The van der Waals surface area contributed by atoms with Crippen molar-refractivity contribution in [3.63, 3.8) is 0 Å². The molecule has 4 rings (SSSR count). The van der Waals surface area contributed by atoms with Gasteiger partial charge >= 0.3 is 0 Å². The van der Waals surface area contributed by atoms with Crippen LogP contribution in [0.15, 0.2) is 42.6 Å². The normalized spacial score (nSPS) is 15.2. The van der Waals surface area contributed by atoms with Gasteiger partial charge in [-0.25, -0.2) is 9.97 Å².